The van der Waals surface area contributed by atoms with Crippen LogP contribution in [0.2, 0.25) is 0 Å². The van der Waals surface area contributed by atoms with Crippen molar-refractivity contribution in [2.45, 2.75) is 64.2 Å². The number of amides is 4. The lowest BCUT2D eigenvalue weighted by Gasteiger charge is -2.27. The van der Waals surface area contributed by atoms with E-state index in [-0.39, 0.29) is 11.4 Å². The summed E-state index contributed by atoms with van der Waals surface area (Å²) in [4.78, 5) is 108. The van der Waals surface area contributed by atoms with Crippen LogP contribution in [0, 0.1) is 22.0 Å². The average Bonchev–Trinajstić information content (AvgIpc) is 2.92. The molecule has 0 radical (unpaired) electrons. The van der Waals surface area contributed by atoms with Crippen molar-refractivity contribution < 1.29 is 58.6 Å². The van der Waals surface area contributed by atoms with Gasteiger partial charge in [-0.2, -0.15) is 0 Å². The number of carboxylic acid groups (broad SMARTS) is 3. The number of anilines is 1. The third-order valence-electron chi connectivity index (χ3n) is 6.26. The minimum Gasteiger partial charge on any atom is -0.481 e. The van der Waals surface area contributed by atoms with Gasteiger partial charge < -0.3 is 42.3 Å². The first-order chi connectivity index (χ1) is 20.8. The average molecular weight is 639 g/mol. The van der Waals surface area contributed by atoms with Crippen molar-refractivity contribution in [3.8, 4) is 0 Å². The number of benzene rings is 1. The molecule has 19 nitrogen and oxygen atoms in total. The van der Waals surface area contributed by atoms with E-state index >= 15 is 0 Å². The van der Waals surface area contributed by atoms with E-state index in [2.05, 4.69) is 21.3 Å². The third kappa shape index (κ3) is 12.0. The number of hydrogen-bond donors (Lipinski definition) is 8. The molecule has 0 bridgehead atoms. The van der Waals surface area contributed by atoms with Gasteiger partial charge in [-0.05, 0) is 31.4 Å². The molecule has 1 unspecified atom stereocenters. The molecule has 0 aromatic heterocycles. The summed E-state index contributed by atoms with van der Waals surface area (Å²) in [7, 11) is 0. The number of nitrogens with two attached hydrogens (primary N) is 1. The molecule has 0 fully saturated rings. The zero-order valence-corrected chi connectivity index (χ0v) is 24.3. The summed E-state index contributed by atoms with van der Waals surface area (Å²) in [5, 5.41) is 47.5. The van der Waals surface area contributed by atoms with Crippen molar-refractivity contribution in [2.75, 3.05) is 5.32 Å². The Kier molecular flexibility index (Phi) is 14.2. The van der Waals surface area contributed by atoms with E-state index < -0.39 is 108 Å². The van der Waals surface area contributed by atoms with Gasteiger partial charge in [0.1, 0.15) is 23.9 Å². The van der Waals surface area contributed by atoms with E-state index in [9.17, 15) is 58.7 Å². The van der Waals surface area contributed by atoms with Crippen molar-refractivity contribution in [1.29, 1.82) is 0 Å². The maximum atomic E-state index is 13.2. The number of hydrogen-bond acceptors (Lipinski definition) is 11. The van der Waals surface area contributed by atoms with Crippen LogP contribution in [0.5, 0.6) is 0 Å². The molecule has 0 saturated carbocycles. The fraction of sp³-hybridized carbons (Fsp3) is 0.462. The number of non-ortho nitro benzene ring substituents is 1. The molecule has 5 atom stereocenters. The van der Waals surface area contributed by atoms with E-state index in [1.54, 1.807) is 0 Å². The molecule has 0 aliphatic rings. The van der Waals surface area contributed by atoms with Gasteiger partial charge in [-0.15, -0.1) is 0 Å². The van der Waals surface area contributed by atoms with Gasteiger partial charge in [-0.3, -0.25) is 48.5 Å². The zero-order valence-electron chi connectivity index (χ0n) is 24.3. The topological polar surface area (TPSA) is 315 Å². The second kappa shape index (κ2) is 17.0. The van der Waals surface area contributed by atoms with Crippen molar-refractivity contribution in [1.82, 2.24) is 16.0 Å². The van der Waals surface area contributed by atoms with Gasteiger partial charge in [0.2, 0.25) is 23.6 Å². The standard InChI is InChI=1S/C26H34N6O13/c1-11(2)21(25(41)30-16(10-18(36)37)23(39)28-13-4-6-14(7-5-13)32(44)45)31-22(38)15(8-9-17(34)35)29-24(40)19(26(42)43)20(27)12(3)33/h4-7,11,15-16,19-21H,8-10,27H2,1-3H3,(H,28,39)(H,29,40)(H,30,41)(H,31,38)(H,34,35)(H,36,37)(H,42,43)/t15-,16-,19+,20?,21-/m0/s1. The molecule has 1 aromatic rings. The van der Waals surface area contributed by atoms with Crippen molar-refractivity contribution in [3.05, 3.63) is 34.4 Å². The molecule has 1 rings (SSSR count). The van der Waals surface area contributed by atoms with Crippen LogP contribution in [0.4, 0.5) is 11.4 Å². The van der Waals surface area contributed by atoms with Crippen LogP contribution >= 0.6 is 0 Å². The molecule has 4 amide bonds. The summed E-state index contributed by atoms with van der Waals surface area (Å²) in [6.07, 6.45) is -2.16. The van der Waals surface area contributed by atoms with Gasteiger partial charge in [0.05, 0.1) is 17.4 Å². The lowest BCUT2D eigenvalue weighted by molar-refractivity contribution is -0.384. The number of nitro benzene ring substituents is 1. The first-order valence-corrected chi connectivity index (χ1v) is 13.2. The summed E-state index contributed by atoms with van der Waals surface area (Å²) in [5.74, 6) is -12.9. The second-order valence-electron chi connectivity index (χ2n) is 10.1. The molecule has 19 heteroatoms. The van der Waals surface area contributed by atoms with Crippen LogP contribution in [0.1, 0.15) is 40.0 Å². The fourth-order valence-electron chi connectivity index (χ4n) is 3.79. The normalized spacial score (nSPS) is 14.1. The van der Waals surface area contributed by atoms with Crippen LogP contribution in [-0.2, 0) is 38.4 Å². The highest BCUT2D eigenvalue weighted by atomic mass is 16.6. The van der Waals surface area contributed by atoms with Gasteiger partial charge in [0.15, 0.2) is 5.92 Å². The van der Waals surface area contributed by atoms with Crippen molar-refractivity contribution in [2.24, 2.45) is 17.6 Å². The molecular formula is C26H34N6O13. The Hall–Kier alpha value is -5.46. The number of nitrogens with zero attached hydrogens (tertiary/aromatic N) is 1. The smallest absolute Gasteiger partial charge is 0.318 e. The molecule has 45 heavy (non-hydrogen) atoms. The fourth-order valence-corrected chi connectivity index (χ4v) is 3.79. The van der Waals surface area contributed by atoms with Crippen LogP contribution in [-0.4, -0.2) is 91.7 Å². The Morgan fingerprint density at radius 1 is 0.822 bits per heavy atom. The van der Waals surface area contributed by atoms with Crippen LogP contribution in [0.25, 0.3) is 0 Å². The number of carboxylic acids is 3. The largest absolute Gasteiger partial charge is 0.481 e. The van der Waals surface area contributed by atoms with E-state index in [0.29, 0.717) is 0 Å². The van der Waals surface area contributed by atoms with Crippen LogP contribution in [0.15, 0.2) is 24.3 Å². The number of carbonyl (C=O) groups is 8. The Morgan fingerprint density at radius 3 is 1.82 bits per heavy atom. The summed E-state index contributed by atoms with van der Waals surface area (Å²) >= 11 is 0. The number of Topliss-reactive ketones (excluding diaryl/α,β-unsaturated/α-hetero) is 1. The molecule has 0 heterocycles. The zero-order chi connectivity index (χ0) is 34.6. The van der Waals surface area contributed by atoms with Gasteiger partial charge in [0.25, 0.3) is 5.69 Å². The molecule has 1 aromatic carbocycles. The monoisotopic (exact) mass is 638 g/mol. The number of rotatable bonds is 18. The maximum Gasteiger partial charge on any atom is 0.318 e. The third-order valence-corrected chi connectivity index (χ3v) is 6.26. The van der Waals surface area contributed by atoms with Gasteiger partial charge >= 0.3 is 17.9 Å². The highest BCUT2D eigenvalue weighted by molar-refractivity contribution is 6.04. The van der Waals surface area contributed by atoms with E-state index in [0.717, 1.165) is 19.1 Å². The Bertz CT molecular complexity index is 1330. The molecular weight excluding hydrogens is 604 g/mol. The Balaban J connectivity index is 3.19. The predicted molar refractivity (Wildman–Crippen MR) is 151 cm³/mol. The molecule has 0 aliphatic heterocycles. The van der Waals surface area contributed by atoms with E-state index in [1.807, 2.05) is 0 Å². The lowest BCUT2D eigenvalue weighted by Crippen LogP contribution is -2.59. The highest BCUT2D eigenvalue weighted by Gasteiger charge is 2.38. The summed E-state index contributed by atoms with van der Waals surface area (Å²) in [6, 6.07) is -2.18. The van der Waals surface area contributed by atoms with Gasteiger partial charge in [-0.1, -0.05) is 13.8 Å². The van der Waals surface area contributed by atoms with Gasteiger partial charge in [-0.25, -0.2) is 0 Å². The summed E-state index contributed by atoms with van der Waals surface area (Å²) < 4.78 is 0. The number of nitro groups is 1. The molecule has 9 N–H and O–H groups in total. The molecule has 246 valence electrons. The van der Waals surface area contributed by atoms with Crippen LogP contribution < -0.4 is 27.0 Å². The number of ketones is 1. The molecule has 0 spiro atoms. The van der Waals surface area contributed by atoms with E-state index in [1.165, 1.54) is 26.0 Å². The number of carbonyl (C=O) groups excluding carboxylic acids is 5. The highest BCUT2D eigenvalue weighted by Crippen LogP contribution is 2.16. The predicted octanol–water partition coefficient (Wildman–Crippen LogP) is -1.40. The summed E-state index contributed by atoms with van der Waals surface area (Å²) in [5.41, 5.74) is 5.29. The quantitative estimate of drug-likeness (QED) is 0.0521. The Labute approximate surface area is 255 Å². The van der Waals surface area contributed by atoms with Crippen molar-refractivity contribution in [3.63, 3.8) is 0 Å². The van der Waals surface area contributed by atoms with E-state index in [4.69, 9.17) is 10.8 Å². The lowest BCUT2D eigenvalue weighted by atomic mass is 9.95. The van der Waals surface area contributed by atoms with Gasteiger partial charge in [0, 0.05) is 24.2 Å². The number of aliphatic carboxylic acids is 3. The molecule has 0 saturated heterocycles. The first-order valence-electron chi connectivity index (χ1n) is 13.2. The number of nitrogens with one attached hydrogen (secondary N) is 4. The maximum absolute atomic E-state index is 13.2. The molecule has 0 aliphatic carbocycles. The minimum atomic E-state index is -2.13. The minimum absolute atomic E-state index is 0.0464. The Morgan fingerprint density at radius 2 is 1.38 bits per heavy atom. The second-order valence-corrected chi connectivity index (χ2v) is 10.1. The first kappa shape index (κ1) is 37.6. The summed E-state index contributed by atoms with van der Waals surface area (Å²) in [6.45, 7) is 3.87. The van der Waals surface area contributed by atoms with Crippen LogP contribution in [0.3, 0.4) is 0 Å². The SMILES string of the molecule is CC(=O)C(N)[C@@H](C(=O)O)C(=O)N[C@@H](CCC(=O)O)C(=O)N[C@H](C(=O)N[C@@H](CC(=O)O)C(=O)Nc1ccc([N+](=O)[O-])cc1)C(C)C. The van der Waals surface area contributed by atoms with Crippen molar-refractivity contribution >= 4 is 58.7 Å².